The maximum atomic E-state index is 12.7. The number of hydrogen-bond donors (Lipinski definition) is 0. The normalized spacial score (nSPS) is 13.9. The Morgan fingerprint density at radius 2 is 1.62 bits per heavy atom. The minimum Gasteiger partial charge on any atom is -0.497 e. The summed E-state index contributed by atoms with van der Waals surface area (Å²) < 4.78 is 5.17. The quantitative estimate of drug-likeness (QED) is 0.723. The number of rotatable bonds is 7. The molecule has 2 amide bonds. The average Bonchev–Trinajstić information content (AvgIpc) is 2.77. The van der Waals surface area contributed by atoms with Gasteiger partial charge in [-0.1, -0.05) is 30.3 Å². The predicted octanol–water partition coefficient (Wildman–Crippen LogP) is 2.78. The number of nitrogens with zero attached hydrogens (tertiary/aromatic N) is 3. The van der Waals surface area contributed by atoms with E-state index in [1.165, 1.54) is 5.69 Å². The first-order valence-electron chi connectivity index (χ1n) is 10.0. The zero-order valence-electron chi connectivity index (χ0n) is 17.2. The lowest BCUT2D eigenvalue weighted by Gasteiger charge is -2.36. The van der Waals surface area contributed by atoms with E-state index in [2.05, 4.69) is 17.0 Å². The van der Waals surface area contributed by atoms with Crippen molar-refractivity contribution in [1.29, 1.82) is 0 Å². The first kappa shape index (κ1) is 20.7. The van der Waals surface area contributed by atoms with Gasteiger partial charge in [-0.05, 0) is 29.8 Å². The molecule has 0 aliphatic carbocycles. The van der Waals surface area contributed by atoms with Crippen molar-refractivity contribution in [2.24, 2.45) is 0 Å². The van der Waals surface area contributed by atoms with Gasteiger partial charge in [0.15, 0.2) is 0 Å². The van der Waals surface area contributed by atoms with Crippen LogP contribution in [0.5, 0.6) is 5.75 Å². The number of amides is 2. The van der Waals surface area contributed by atoms with Crippen LogP contribution in [0.25, 0.3) is 0 Å². The molecule has 154 valence electrons. The maximum Gasteiger partial charge on any atom is 0.224 e. The van der Waals surface area contributed by atoms with E-state index in [1.807, 2.05) is 47.4 Å². The molecule has 29 heavy (non-hydrogen) atoms. The van der Waals surface area contributed by atoms with Crippen molar-refractivity contribution in [3.05, 3.63) is 60.2 Å². The van der Waals surface area contributed by atoms with Gasteiger partial charge in [-0.25, -0.2) is 0 Å². The number of carbonyl (C=O) groups is 2. The van der Waals surface area contributed by atoms with Crippen molar-refractivity contribution in [3.8, 4) is 5.75 Å². The van der Waals surface area contributed by atoms with Crippen LogP contribution >= 0.6 is 0 Å². The lowest BCUT2D eigenvalue weighted by Crippen LogP contribution is -2.49. The second-order valence-corrected chi connectivity index (χ2v) is 7.24. The first-order chi connectivity index (χ1) is 14.1. The number of para-hydroxylation sites is 1. The summed E-state index contributed by atoms with van der Waals surface area (Å²) in [7, 11) is 1.63. The van der Waals surface area contributed by atoms with Crippen molar-refractivity contribution in [3.63, 3.8) is 0 Å². The van der Waals surface area contributed by atoms with Crippen molar-refractivity contribution < 1.29 is 14.3 Å². The molecule has 2 aromatic carbocycles. The standard InChI is InChI=1S/C23H29N3O3/c1-19(27)26(18-20-8-10-22(29-2)11-9-20)13-12-23(28)25-16-14-24(15-17-25)21-6-4-3-5-7-21/h3-11H,12-18H2,1-2H3. The number of benzene rings is 2. The zero-order valence-corrected chi connectivity index (χ0v) is 17.2. The molecule has 0 bridgehead atoms. The number of anilines is 1. The van der Waals surface area contributed by atoms with Gasteiger partial charge in [0, 0.05) is 58.3 Å². The van der Waals surface area contributed by atoms with Crippen LogP contribution < -0.4 is 9.64 Å². The molecule has 0 unspecified atom stereocenters. The van der Waals surface area contributed by atoms with E-state index in [0.717, 1.165) is 24.4 Å². The van der Waals surface area contributed by atoms with Gasteiger partial charge in [0.2, 0.25) is 11.8 Å². The molecule has 3 rings (SSSR count). The highest BCUT2D eigenvalue weighted by Crippen LogP contribution is 2.17. The van der Waals surface area contributed by atoms with Crippen LogP contribution in [0, 0.1) is 0 Å². The van der Waals surface area contributed by atoms with Gasteiger partial charge in [0.05, 0.1) is 7.11 Å². The molecule has 0 spiro atoms. The van der Waals surface area contributed by atoms with Gasteiger partial charge in [-0.15, -0.1) is 0 Å². The summed E-state index contributed by atoms with van der Waals surface area (Å²) in [6, 6.07) is 17.9. The molecule has 1 heterocycles. The van der Waals surface area contributed by atoms with E-state index in [0.29, 0.717) is 32.6 Å². The summed E-state index contributed by atoms with van der Waals surface area (Å²) in [6.07, 6.45) is 0.348. The number of piperazine rings is 1. The minimum absolute atomic E-state index is 0.0254. The Balaban J connectivity index is 1.48. The van der Waals surface area contributed by atoms with Gasteiger partial charge < -0.3 is 19.4 Å². The summed E-state index contributed by atoms with van der Waals surface area (Å²) in [5.74, 6) is 0.870. The smallest absolute Gasteiger partial charge is 0.224 e. The van der Waals surface area contributed by atoms with Crippen LogP contribution in [-0.4, -0.2) is 61.4 Å². The lowest BCUT2D eigenvalue weighted by molar-refractivity contribution is -0.134. The first-order valence-corrected chi connectivity index (χ1v) is 10.0. The second kappa shape index (κ2) is 9.96. The molecule has 0 saturated carbocycles. The monoisotopic (exact) mass is 395 g/mol. The topological polar surface area (TPSA) is 53.1 Å². The van der Waals surface area contributed by atoms with Gasteiger partial charge in [0.1, 0.15) is 5.75 Å². The number of methoxy groups -OCH3 is 1. The molecular weight excluding hydrogens is 366 g/mol. The van der Waals surface area contributed by atoms with E-state index in [-0.39, 0.29) is 11.8 Å². The molecule has 0 aromatic heterocycles. The molecule has 1 fully saturated rings. The van der Waals surface area contributed by atoms with Gasteiger partial charge in [0.25, 0.3) is 0 Å². The summed E-state index contributed by atoms with van der Waals surface area (Å²) in [4.78, 5) is 30.6. The molecule has 0 N–H and O–H groups in total. The van der Waals surface area contributed by atoms with Crippen LogP contribution in [0.4, 0.5) is 5.69 Å². The summed E-state index contributed by atoms with van der Waals surface area (Å²) in [5.41, 5.74) is 2.21. The highest BCUT2D eigenvalue weighted by atomic mass is 16.5. The summed E-state index contributed by atoms with van der Waals surface area (Å²) in [5, 5.41) is 0. The van der Waals surface area contributed by atoms with Crippen LogP contribution in [0.3, 0.4) is 0 Å². The van der Waals surface area contributed by atoms with Gasteiger partial charge >= 0.3 is 0 Å². The molecule has 6 heteroatoms. The Labute approximate surface area is 172 Å². The highest BCUT2D eigenvalue weighted by Gasteiger charge is 2.22. The SMILES string of the molecule is COc1ccc(CN(CCC(=O)N2CCN(c3ccccc3)CC2)C(C)=O)cc1. The average molecular weight is 396 g/mol. The molecule has 0 radical (unpaired) electrons. The van der Waals surface area contributed by atoms with E-state index >= 15 is 0 Å². The fraction of sp³-hybridized carbons (Fsp3) is 0.391. The summed E-state index contributed by atoms with van der Waals surface area (Å²) in [6.45, 7) is 5.56. The van der Waals surface area contributed by atoms with Crippen LogP contribution in [0.2, 0.25) is 0 Å². The largest absolute Gasteiger partial charge is 0.497 e. The lowest BCUT2D eigenvalue weighted by atomic mass is 10.2. The molecule has 2 aromatic rings. The Morgan fingerprint density at radius 3 is 2.21 bits per heavy atom. The fourth-order valence-corrected chi connectivity index (χ4v) is 3.54. The number of ether oxygens (including phenoxy) is 1. The Kier molecular flexibility index (Phi) is 7.11. The minimum atomic E-state index is -0.0254. The Morgan fingerprint density at radius 1 is 0.966 bits per heavy atom. The van der Waals surface area contributed by atoms with Crippen LogP contribution in [-0.2, 0) is 16.1 Å². The van der Waals surface area contributed by atoms with Crippen LogP contribution in [0.1, 0.15) is 18.9 Å². The van der Waals surface area contributed by atoms with E-state index in [9.17, 15) is 9.59 Å². The van der Waals surface area contributed by atoms with Gasteiger partial charge in [-0.2, -0.15) is 0 Å². The van der Waals surface area contributed by atoms with Crippen molar-refractivity contribution in [2.75, 3.05) is 44.7 Å². The van der Waals surface area contributed by atoms with Crippen molar-refractivity contribution >= 4 is 17.5 Å². The molecule has 1 aliphatic rings. The second-order valence-electron chi connectivity index (χ2n) is 7.24. The Hall–Kier alpha value is -3.02. The molecule has 0 atom stereocenters. The third-order valence-corrected chi connectivity index (χ3v) is 5.33. The van der Waals surface area contributed by atoms with Crippen molar-refractivity contribution in [1.82, 2.24) is 9.80 Å². The van der Waals surface area contributed by atoms with E-state index < -0.39 is 0 Å². The molecule has 1 saturated heterocycles. The summed E-state index contributed by atoms with van der Waals surface area (Å²) >= 11 is 0. The van der Waals surface area contributed by atoms with Crippen molar-refractivity contribution in [2.45, 2.75) is 19.9 Å². The number of hydrogen-bond acceptors (Lipinski definition) is 4. The zero-order chi connectivity index (χ0) is 20.6. The third-order valence-electron chi connectivity index (χ3n) is 5.33. The van der Waals surface area contributed by atoms with E-state index in [1.54, 1.807) is 18.9 Å². The Bertz CT molecular complexity index is 800. The highest BCUT2D eigenvalue weighted by molar-refractivity contribution is 5.78. The molecule has 1 aliphatic heterocycles. The van der Waals surface area contributed by atoms with E-state index in [4.69, 9.17) is 4.74 Å². The van der Waals surface area contributed by atoms with Crippen LogP contribution in [0.15, 0.2) is 54.6 Å². The predicted molar refractivity (Wildman–Crippen MR) is 114 cm³/mol. The fourth-order valence-electron chi connectivity index (χ4n) is 3.54. The van der Waals surface area contributed by atoms with Gasteiger partial charge in [-0.3, -0.25) is 9.59 Å². The number of carbonyl (C=O) groups excluding carboxylic acids is 2. The molecular formula is C23H29N3O3. The third kappa shape index (κ3) is 5.73. The maximum absolute atomic E-state index is 12.7. The molecule has 6 nitrogen and oxygen atoms in total.